The minimum atomic E-state index is -0.786. The van der Waals surface area contributed by atoms with Crippen molar-refractivity contribution in [2.75, 3.05) is 26.3 Å². The Labute approximate surface area is 244 Å². The molecule has 2 fully saturated rings. The first-order valence-electron chi connectivity index (χ1n) is 13.7. The van der Waals surface area contributed by atoms with Crippen LogP contribution in [0.3, 0.4) is 0 Å². The number of hydrogen-bond acceptors (Lipinski definition) is 6. The number of Topliss-reactive ketones (excluding diaryl/α,β-unsaturated/α-hetero) is 2. The normalized spacial score (nSPS) is 22.1. The van der Waals surface area contributed by atoms with Crippen molar-refractivity contribution in [3.05, 3.63) is 63.9 Å². The van der Waals surface area contributed by atoms with Crippen molar-refractivity contribution in [1.82, 2.24) is 9.80 Å². The van der Waals surface area contributed by atoms with E-state index in [1.165, 1.54) is 12.1 Å². The molecule has 0 saturated carbocycles. The number of carbonyl (C=O) groups is 3. The smallest absolute Gasteiger partial charge is 0.240 e. The highest BCUT2D eigenvalue weighted by Gasteiger charge is 2.45. The molecule has 2 aromatic rings. The monoisotopic (exact) mass is 592 g/mol. The molecule has 7 nitrogen and oxygen atoms in total. The third kappa shape index (κ3) is 7.60. The highest BCUT2D eigenvalue weighted by molar-refractivity contribution is 6.42. The summed E-state index contributed by atoms with van der Waals surface area (Å²) in [5.41, 5.74) is 0.848. The molecular weight excluding hydrogens is 558 g/mol. The molecule has 2 aromatic carbocycles. The van der Waals surface area contributed by atoms with Crippen LogP contribution in [0.5, 0.6) is 5.75 Å². The third-order valence-electron chi connectivity index (χ3n) is 7.79. The van der Waals surface area contributed by atoms with E-state index >= 15 is 0 Å². The van der Waals surface area contributed by atoms with Gasteiger partial charge in [-0.25, -0.2) is 4.39 Å². The molecule has 0 aromatic heterocycles. The van der Waals surface area contributed by atoms with Gasteiger partial charge in [0.15, 0.2) is 11.6 Å². The van der Waals surface area contributed by atoms with Crippen LogP contribution in [0, 0.1) is 11.7 Å². The van der Waals surface area contributed by atoms with E-state index in [9.17, 15) is 23.9 Å². The van der Waals surface area contributed by atoms with Crippen LogP contribution in [0.25, 0.3) is 0 Å². The van der Waals surface area contributed by atoms with Gasteiger partial charge in [0.05, 0.1) is 22.1 Å². The molecular formula is C30H35Cl2FN2O5. The first-order chi connectivity index (χ1) is 19.2. The molecule has 1 N–H and O–H groups in total. The molecule has 0 spiro atoms. The largest absolute Gasteiger partial charge is 0.492 e. The van der Waals surface area contributed by atoms with Crippen molar-refractivity contribution in [1.29, 1.82) is 0 Å². The fraction of sp³-hybridized carbons (Fsp3) is 0.500. The van der Waals surface area contributed by atoms with Gasteiger partial charge in [0.2, 0.25) is 5.91 Å². The number of ether oxygens (including phenoxy) is 1. The number of halogens is 3. The lowest BCUT2D eigenvalue weighted by molar-refractivity contribution is -0.142. The van der Waals surface area contributed by atoms with Crippen molar-refractivity contribution in [3.8, 4) is 5.75 Å². The van der Waals surface area contributed by atoms with Crippen LogP contribution in [0.1, 0.15) is 44.6 Å². The van der Waals surface area contributed by atoms with Gasteiger partial charge in [-0.2, -0.15) is 0 Å². The fourth-order valence-electron chi connectivity index (χ4n) is 5.71. The highest BCUT2D eigenvalue weighted by Crippen LogP contribution is 2.32. The Morgan fingerprint density at radius 3 is 2.67 bits per heavy atom. The van der Waals surface area contributed by atoms with E-state index in [-0.39, 0.29) is 61.1 Å². The third-order valence-corrected chi connectivity index (χ3v) is 8.53. The van der Waals surface area contributed by atoms with Gasteiger partial charge in [-0.15, -0.1) is 0 Å². The molecule has 216 valence electrons. The van der Waals surface area contributed by atoms with Crippen molar-refractivity contribution in [3.63, 3.8) is 0 Å². The van der Waals surface area contributed by atoms with Gasteiger partial charge >= 0.3 is 0 Å². The summed E-state index contributed by atoms with van der Waals surface area (Å²) in [6, 6.07) is 9.90. The van der Waals surface area contributed by atoms with Gasteiger partial charge < -0.3 is 14.7 Å². The number of fused-ring (bicyclic) bond motifs is 1. The molecule has 10 heteroatoms. The summed E-state index contributed by atoms with van der Waals surface area (Å²) < 4.78 is 19.6. The lowest BCUT2D eigenvalue weighted by Gasteiger charge is -2.32. The van der Waals surface area contributed by atoms with Crippen molar-refractivity contribution >= 4 is 40.7 Å². The summed E-state index contributed by atoms with van der Waals surface area (Å²) in [6.45, 7) is 2.82. The summed E-state index contributed by atoms with van der Waals surface area (Å²) in [7, 11) is 0. The summed E-state index contributed by atoms with van der Waals surface area (Å²) in [6.07, 6.45) is 1.95. The van der Waals surface area contributed by atoms with E-state index in [1.807, 2.05) is 6.07 Å². The van der Waals surface area contributed by atoms with Gasteiger partial charge in [0.1, 0.15) is 24.8 Å². The van der Waals surface area contributed by atoms with Gasteiger partial charge in [0, 0.05) is 38.0 Å². The average molecular weight is 594 g/mol. The van der Waals surface area contributed by atoms with E-state index < -0.39 is 18.7 Å². The molecule has 2 saturated heterocycles. The van der Waals surface area contributed by atoms with Crippen LogP contribution in [-0.2, 0) is 20.8 Å². The zero-order valence-corrected chi connectivity index (χ0v) is 24.0. The van der Waals surface area contributed by atoms with Crippen LogP contribution in [0.2, 0.25) is 10.0 Å². The minimum Gasteiger partial charge on any atom is -0.492 e. The topological polar surface area (TPSA) is 87.2 Å². The Kier molecular flexibility index (Phi) is 10.6. The number of nitrogens with zero attached hydrogens (tertiary/aromatic N) is 2. The lowest BCUT2D eigenvalue weighted by Crippen LogP contribution is -2.51. The van der Waals surface area contributed by atoms with E-state index in [2.05, 4.69) is 11.8 Å². The van der Waals surface area contributed by atoms with Crippen LogP contribution in [0.4, 0.5) is 4.39 Å². The number of carbonyl (C=O) groups excluding carboxylic acids is 3. The molecule has 2 heterocycles. The lowest BCUT2D eigenvalue weighted by atomic mass is 9.96. The minimum absolute atomic E-state index is 0.000352. The van der Waals surface area contributed by atoms with Crippen LogP contribution < -0.4 is 4.74 Å². The zero-order chi connectivity index (χ0) is 28.8. The Morgan fingerprint density at radius 1 is 1.15 bits per heavy atom. The number of hydrogen-bond donors (Lipinski definition) is 1. The maximum Gasteiger partial charge on any atom is 0.240 e. The van der Waals surface area contributed by atoms with E-state index in [1.54, 1.807) is 29.2 Å². The SMILES string of the molecule is C[C@@H]1C[C@H]2C(=O)N([C@H](CCC(=O)CO)C(=O)CCc3ccc(Cl)c(Cl)c3)CCC(COc3cccc(F)c3)N2C1. The van der Waals surface area contributed by atoms with E-state index in [0.29, 0.717) is 41.6 Å². The molecule has 0 radical (unpaired) electrons. The number of aryl methyl sites for hydroxylation is 1. The second-order valence-corrected chi connectivity index (χ2v) is 11.6. The number of benzene rings is 2. The molecule has 2 aliphatic heterocycles. The Morgan fingerprint density at radius 2 is 1.95 bits per heavy atom. The Bertz CT molecular complexity index is 1230. The molecule has 4 rings (SSSR count). The molecule has 2 aliphatic rings. The number of ketones is 2. The average Bonchev–Trinajstić information content (AvgIpc) is 3.28. The Hall–Kier alpha value is -2.52. The Balaban J connectivity index is 1.52. The fourth-order valence-corrected chi connectivity index (χ4v) is 6.04. The van der Waals surface area contributed by atoms with Crippen LogP contribution in [0.15, 0.2) is 42.5 Å². The summed E-state index contributed by atoms with van der Waals surface area (Å²) in [5, 5.41) is 10.1. The highest BCUT2D eigenvalue weighted by atomic mass is 35.5. The van der Waals surface area contributed by atoms with E-state index in [0.717, 1.165) is 12.1 Å². The predicted octanol–water partition coefficient (Wildman–Crippen LogP) is 4.73. The maximum absolute atomic E-state index is 13.9. The molecule has 1 amide bonds. The molecule has 40 heavy (non-hydrogen) atoms. The van der Waals surface area contributed by atoms with Gasteiger partial charge in [-0.1, -0.05) is 42.3 Å². The molecule has 4 atom stereocenters. The standard InChI is InChI=1S/C30H35Cl2FN2O5/c1-19-13-28-30(39)34(12-11-22(35(28)16-19)18-40-24-4-2-3-21(33)15-24)27(9-7-23(37)17-36)29(38)10-6-20-5-8-25(31)26(32)14-20/h2-5,8,14-15,19,22,27-28,36H,6-7,9-13,16-18H2,1H3/t19-,22?,27-,28+/m1/s1. The summed E-state index contributed by atoms with van der Waals surface area (Å²) >= 11 is 12.2. The maximum atomic E-state index is 13.9. The van der Waals surface area contributed by atoms with E-state index in [4.69, 9.17) is 27.9 Å². The van der Waals surface area contributed by atoms with Crippen molar-refractivity contribution in [2.45, 2.75) is 63.6 Å². The van der Waals surface area contributed by atoms with Crippen LogP contribution in [-0.4, -0.2) is 76.8 Å². The second kappa shape index (κ2) is 13.9. The molecule has 1 unspecified atom stereocenters. The number of rotatable bonds is 12. The number of amides is 1. The first kappa shape index (κ1) is 30.4. The predicted molar refractivity (Wildman–Crippen MR) is 151 cm³/mol. The number of aliphatic hydroxyl groups is 1. The summed E-state index contributed by atoms with van der Waals surface area (Å²) in [4.78, 5) is 43.3. The van der Waals surface area contributed by atoms with Gasteiger partial charge in [0.25, 0.3) is 0 Å². The number of aliphatic hydroxyl groups excluding tert-OH is 1. The van der Waals surface area contributed by atoms with Gasteiger partial charge in [-0.05, 0) is 61.4 Å². The van der Waals surface area contributed by atoms with Crippen LogP contribution >= 0.6 is 23.2 Å². The summed E-state index contributed by atoms with van der Waals surface area (Å²) in [5.74, 6) is -0.312. The molecule has 0 aliphatic carbocycles. The second-order valence-electron chi connectivity index (χ2n) is 10.8. The van der Waals surface area contributed by atoms with Crippen molar-refractivity contribution < 1.29 is 28.6 Å². The quantitative estimate of drug-likeness (QED) is 0.383. The zero-order valence-electron chi connectivity index (χ0n) is 22.5. The van der Waals surface area contributed by atoms with Crippen molar-refractivity contribution in [2.24, 2.45) is 5.92 Å². The first-order valence-corrected chi connectivity index (χ1v) is 14.5. The van der Waals surface area contributed by atoms with Gasteiger partial charge in [-0.3, -0.25) is 19.3 Å². The molecule has 0 bridgehead atoms.